The maximum atomic E-state index is 13.0. The van der Waals surface area contributed by atoms with Crippen LogP contribution in [0.1, 0.15) is 11.1 Å². The predicted octanol–water partition coefficient (Wildman–Crippen LogP) is 5.92. The highest BCUT2D eigenvalue weighted by molar-refractivity contribution is 6.68. The number of alkyl halides is 6. The Morgan fingerprint density at radius 2 is 1.64 bits per heavy atom. The zero-order valence-electron chi connectivity index (χ0n) is 18.5. The minimum atomic E-state index is -1.80. The Bertz CT molecular complexity index is 1250. The van der Waals surface area contributed by atoms with E-state index in [9.17, 15) is 14.4 Å². The summed E-state index contributed by atoms with van der Waals surface area (Å²) in [5, 5.41) is 0.769. The van der Waals surface area contributed by atoms with Crippen LogP contribution in [0.3, 0.4) is 0 Å². The zero-order valence-corrected chi connectivity index (χ0v) is 23.0. The van der Waals surface area contributed by atoms with Crippen molar-refractivity contribution in [3.8, 4) is 0 Å². The van der Waals surface area contributed by atoms with Crippen molar-refractivity contribution >= 4 is 104 Å². The minimum absolute atomic E-state index is 0.00314. The van der Waals surface area contributed by atoms with Crippen LogP contribution in [0.15, 0.2) is 30.5 Å². The van der Waals surface area contributed by atoms with Gasteiger partial charge in [-0.25, -0.2) is 9.59 Å². The van der Waals surface area contributed by atoms with Crippen molar-refractivity contribution in [3.05, 3.63) is 41.6 Å². The van der Waals surface area contributed by atoms with E-state index in [2.05, 4.69) is 0 Å². The topological polar surface area (TPSA) is 87.1 Å². The SMILES string of the molecule is COC(=O)C1C=C2c3cccc4c3c(cn4C(=O)OCC(Cl)(Cl)Cl)C[C@H]2N(C(=O)OCC(Cl)(Cl)Cl)C1. The number of esters is 1. The molecule has 8 nitrogen and oxygen atoms in total. The number of benzene rings is 1. The number of rotatable bonds is 3. The summed E-state index contributed by atoms with van der Waals surface area (Å²) in [6, 6.07) is 4.81. The molecule has 2 aliphatic rings. The van der Waals surface area contributed by atoms with Crippen LogP contribution in [0.25, 0.3) is 16.5 Å². The van der Waals surface area contributed by atoms with E-state index in [1.807, 2.05) is 6.07 Å². The van der Waals surface area contributed by atoms with Crippen LogP contribution in [0, 0.1) is 5.92 Å². The number of hydrogen-bond acceptors (Lipinski definition) is 6. The smallest absolute Gasteiger partial charge is 0.418 e. The van der Waals surface area contributed by atoms with E-state index in [-0.39, 0.29) is 6.54 Å². The van der Waals surface area contributed by atoms with Gasteiger partial charge in [-0.3, -0.25) is 14.3 Å². The third-order valence-corrected chi connectivity index (χ3v) is 6.45. The molecule has 1 aliphatic heterocycles. The number of halogens is 6. The summed E-state index contributed by atoms with van der Waals surface area (Å²) < 4.78 is 13.0. The Hall–Kier alpha value is -1.55. The molecule has 194 valence electrons. The summed E-state index contributed by atoms with van der Waals surface area (Å²) in [6.07, 6.45) is 2.21. The molecule has 4 rings (SSSR count). The number of ether oxygens (including phenoxy) is 3. The number of carbonyl (C=O) groups is 3. The highest BCUT2D eigenvalue weighted by Crippen LogP contribution is 2.42. The Labute approximate surface area is 235 Å². The highest BCUT2D eigenvalue weighted by Gasteiger charge is 2.41. The van der Waals surface area contributed by atoms with Crippen LogP contribution in [0.2, 0.25) is 0 Å². The lowest BCUT2D eigenvalue weighted by molar-refractivity contribution is -0.144. The molecular formula is C22H18Cl6N2O6. The molecule has 0 fully saturated rings. The van der Waals surface area contributed by atoms with Gasteiger partial charge < -0.3 is 14.2 Å². The van der Waals surface area contributed by atoms with Gasteiger partial charge in [0.2, 0.25) is 7.59 Å². The van der Waals surface area contributed by atoms with Gasteiger partial charge in [0.1, 0.15) is 13.2 Å². The molecule has 0 saturated carbocycles. The minimum Gasteiger partial charge on any atom is -0.469 e. The van der Waals surface area contributed by atoms with E-state index < -0.39 is 50.9 Å². The molecular weight excluding hydrogens is 601 g/mol. The maximum absolute atomic E-state index is 13.0. The van der Waals surface area contributed by atoms with E-state index >= 15 is 0 Å². The third-order valence-electron chi connectivity index (χ3n) is 5.80. The lowest BCUT2D eigenvalue weighted by atomic mass is 9.80. The van der Waals surface area contributed by atoms with Crippen LogP contribution in [-0.4, -0.2) is 68.1 Å². The first-order valence-electron chi connectivity index (χ1n) is 10.5. The first-order valence-corrected chi connectivity index (χ1v) is 12.7. The van der Waals surface area contributed by atoms with Gasteiger partial charge in [-0.2, -0.15) is 0 Å². The molecule has 0 radical (unpaired) electrons. The Morgan fingerprint density at radius 1 is 1.00 bits per heavy atom. The van der Waals surface area contributed by atoms with Gasteiger partial charge in [-0.05, 0) is 29.2 Å². The summed E-state index contributed by atoms with van der Waals surface area (Å²) in [6.45, 7) is -0.923. The molecule has 36 heavy (non-hydrogen) atoms. The van der Waals surface area contributed by atoms with Gasteiger partial charge >= 0.3 is 18.2 Å². The molecule has 1 aromatic heterocycles. The number of aromatic nitrogens is 1. The van der Waals surface area contributed by atoms with Crippen LogP contribution in [0.4, 0.5) is 9.59 Å². The fourth-order valence-electron chi connectivity index (χ4n) is 4.44. The molecule has 14 heteroatoms. The number of hydrogen-bond donors (Lipinski definition) is 0. The summed E-state index contributed by atoms with van der Waals surface area (Å²) in [5.74, 6) is -1.28. The first-order chi connectivity index (χ1) is 16.8. The van der Waals surface area contributed by atoms with Gasteiger partial charge in [-0.15, -0.1) is 0 Å². The Balaban J connectivity index is 1.75. The fraction of sp³-hybridized carbons (Fsp3) is 0.409. The van der Waals surface area contributed by atoms with E-state index in [1.165, 1.54) is 16.6 Å². The second kappa shape index (κ2) is 10.3. The van der Waals surface area contributed by atoms with Crippen molar-refractivity contribution in [3.63, 3.8) is 0 Å². The highest BCUT2D eigenvalue weighted by atomic mass is 35.6. The molecule has 1 aliphatic carbocycles. The van der Waals surface area contributed by atoms with Crippen LogP contribution >= 0.6 is 69.6 Å². The van der Waals surface area contributed by atoms with Gasteiger partial charge in [0.05, 0.1) is 24.6 Å². The third kappa shape index (κ3) is 5.79. The quantitative estimate of drug-likeness (QED) is 0.241. The van der Waals surface area contributed by atoms with Gasteiger partial charge in [0.15, 0.2) is 0 Å². The van der Waals surface area contributed by atoms with Crippen molar-refractivity contribution < 1.29 is 28.6 Å². The second-order valence-electron chi connectivity index (χ2n) is 8.19. The number of amides is 1. The molecule has 0 bridgehead atoms. The average molecular weight is 619 g/mol. The van der Waals surface area contributed by atoms with E-state index in [1.54, 1.807) is 24.4 Å². The number of methoxy groups -OCH3 is 1. The molecule has 1 amide bonds. The Morgan fingerprint density at radius 3 is 2.25 bits per heavy atom. The molecule has 2 atom stereocenters. The van der Waals surface area contributed by atoms with E-state index in [4.69, 9.17) is 83.8 Å². The molecule has 0 saturated heterocycles. The molecule has 1 aromatic carbocycles. The number of nitrogens with zero attached hydrogens (tertiary/aromatic N) is 2. The van der Waals surface area contributed by atoms with Crippen molar-refractivity contribution in [1.29, 1.82) is 0 Å². The van der Waals surface area contributed by atoms with E-state index in [0.29, 0.717) is 17.5 Å². The van der Waals surface area contributed by atoms with Gasteiger partial charge in [0.25, 0.3) is 0 Å². The number of fused-ring (bicyclic) bond motifs is 2. The van der Waals surface area contributed by atoms with Gasteiger partial charge in [0, 0.05) is 18.1 Å². The first kappa shape index (κ1) is 27.5. The van der Waals surface area contributed by atoms with Crippen LogP contribution < -0.4 is 0 Å². The lowest BCUT2D eigenvalue weighted by Crippen LogP contribution is -2.50. The maximum Gasteiger partial charge on any atom is 0.418 e. The zero-order chi connectivity index (χ0) is 26.4. The van der Waals surface area contributed by atoms with E-state index in [0.717, 1.165) is 16.5 Å². The standard InChI is InChI=1S/C22H18Cl6N2O6/c1-34-18(31)12-5-14-13-3-2-4-15-17(13)11(7-29(15)19(32)35-9-21(23,24)25)6-16(14)30(8-12)20(33)36-10-22(26,27)28/h2-5,7,12,16H,6,8-10H2,1H3/t12?,16-/m1/s1. The molecule has 1 unspecified atom stereocenters. The van der Waals surface area contributed by atoms with Crippen LogP contribution in [0.5, 0.6) is 0 Å². The normalized spacial score (nSPS) is 19.4. The second-order valence-corrected chi connectivity index (χ2v) is 13.2. The summed E-state index contributed by atoms with van der Waals surface area (Å²) in [4.78, 5) is 39.7. The molecule has 0 N–H and O–H groups in total. The summed E-state index contributed by atoms with van der Waals surface area (Å²) >= 11 is 34.3. The van der Waals surface area contributed by atoms with Crippen LogP contribution in [-0.2, 0) is 25.4 Å². The largest absolute Gasteiger partial charge is 0.469 e. The summed E-state index contributed by atoms with van der Waals surface area (Å²) in [5.41, 5.74) is 2.76. The molecule has 0 spiro atoms. The van der Waals surface area contributed by atoms with Crippen molar-refractivity contribution in [2.75, 3.05) is 26.9 Å². The van der Waals surface area contributed by atoms with Crippen molar-refractivity contribution in [1.82, 2.24) is 9.47 Å². The monoisotopic (exact) mass is 616 g/mol. The van der Waals surface area contributed by atoms with Crippen molar-refractivity contribution in [2.45, 2.75) is 20.0 Å². The fourth-order valence-corrected chi connectivity index (χ4v) is 4.76. The Kier molecular flexibility index (Phi) is 7.87. The molecule has 2 aromatic rings. The summed E-state index contributed by atoms with van der Waals surface area (Å²) in [7, 11) is 1.26. The molecule has 2 heterocycles. The van der Waals surface area contributed by atoms with Crippen molar-refractivity contribution in [2.24, 2.45) is 5.92 Å². The lowest BCUT2D eigenvalue weighted by Gasteiger charge is -2.40. The average Bonchev–Trinajstić information content (AvgIpc) is 3.19. The number of carbonyl (C=O) groups excluding carboxylic acids is 3. The predicted molar refractivity (Wildman–Crippen MR) is 138 cm³/mol. The van der Waals surface area contributed by atoms with Gasteiger partial charge in [-0.1, -0.05) is 87.8 Å².